The molecule has 0 unspecified atom stereocenters. The molecule has 1 aliphatic rings. The number of methoxy groups -OCH3 is 1. The average Bonchev–Trinajstić information content (AvgIpc) is 2.66. The molecule has 8 heteroatoms. The van der Waals surface area contributed by atoms with Crippen LogP contribution in [0, 0.1) is 6.92 Å². The fourth-order valence-electron chi connectivity index (χ4n) is 2.52. The van der Waals surface area contributed by atoms with Gasteiger partial charge in [-0.3, -0.25) is 9.59 Å². The molecular weight excluding hydrogens is 348 g/mol. The van der Waals surface area contributed by atoms with Crippen LogP contribution in [-0.4, -0.2) is 41.7 Å². The number of carbonyl (C=O) groups is 2. The molecule has 0 saturated carbocycles. The highest BCUT2D eigenvalue weighted by Gasteiger charge is 2.22. The molecule has 0 spiro atoms. The summed E-state index contributed by atoms with van der Waals surface area (Å²) in [6.45, 7) is 1.96. The number of pyridine rings is 1. The van der Waals surface area contributed by atoms with E-state index in [2.05, 4.69) is 15.4 Å². The van der Waals surface area contributed by atoms with E-state index in [4.69, 9.17) is 9.47 Å². The number of benzene rings is 1. The number of rotatable bonds is 5. The van der Waals surface area contributed by atoms with Crippen LogP contribution >= 0.6 is 0 Å². The van der Waals surface area contributed by atoms with Gasteiger partial charge in [-0.25, -0.2) is 9.99 Å². The van der Waals surface area contributed by atoms with Gasteiger partial charge in [-0.2, -0.15) is 5.10 Å². The minimum atomic E-state index is -0.356. The lowest BCUT2D eigenvalue weighted by atomic mass is 10.1. The third-order valence-electron chi connectivity index (χ3n) is 4.00. The van der Waals surface area contributed by atoms with Crippen molar-refractivity contribution in [1.29, 1.82) is 0 Å². The van der Waals surface area contributed by atoms with E-state index in [1.54, 1.807) is 19.2 Å². The van der Waals surface area contributed by atoms with Gasteiger partial charge in [-0.05, 0) is 30.7 Å². The lowest BCUT2D eigenvalue weighted by molar-refractivity contribution is -0.130. The van der Waals surface area contributed by atoms with Crippen LogP contribution in [0.3, 0.4) is 0 Å². The summed E-state index contributed by atoms with van der Waals surface area (Å²) >= 11 is 0. The molecule has 0 aliphatic carbocycles. The highest BCUT2D eigenvalue weighted by Crippen LogP contribution is 2.31. The van der Waals surface area contributed by atoms with Crippen molar-refractivity contribution in [3.8, 4) is 17.4 Å². The summed E-state index contributed by atoms with van der Waals surface area (Å²) in [5.41, 5.74) is 1.87. The molecule has 1 aromatic carbocycles. The van der Waals surface area contributed by atoms with Gasteiger partial charge in [0.2, 0.25) is 11.8 Å². The Morgan fingerprint density at radius 2 is 2.00 bits per heavy atom. The number of carbonyl (C=O) groups excluding carboxylic acids is 2. The van der Waals surface area contributed by atoms with Crippen LogP contribution in [0.5, 0.6) is 17.4 Å². The Morgan fingerprint density at radius 3 is 2.67 bits per heavy atom. The van der Waals surface area contributed by atoms with Crippen molar-refractivity contribution in [2.24, 2.45) is 5.10 Å². The molecule has 0 fully saturated rings. The molecular formula is C19H20N4O4. The second kappa shape index (κ2) is 7.86. The zero-order valence-corrected chi connectivity index (χ0v) is 15.4. The number of amides is 2. The lowest BCUT2D eigenvalue weighted by Gasteiger charge is -2.18. The Hall–Kier alpha value is -3.42. The Morgan fingerprint density at radius 1 is 1.19 bits per heavy atom. The zero-order chi connectivity index (χ0) is 19.4. The first-order valence-corrected chi connectivity index (χ1v) is 8.40. The highest BCUT2D eigenvalue weighted by molar-refractivity contribution is 6.43. The maximum atomic E-state index is 12.3. The van der Waals surface area contributed by atoms with Crippen LogP contribution in [-0.2, 0) is 9.59 Å². The van der Waals surface area contributed by atoms with E-state index < -0.39 is 0 Å². The largest absolute Gasteiger partial charge is 0.493 e. The standard InChI is InChI=1S/C19H20N4O4/c1-12-4-7-15(16(10-12)26-3)27-17-8-5-13(11-20-17)21-19(25)14-6-9-18(24)23(2)22-14/h4-5,7-8,10-11H,6,9H2,1-3H3,(H,21,25). The Labute approximate surface area is 156 Å². The van der Waals surface area contributed by atoms with Crippen LogP contribution in [0.25, 0.3) is 0 Å². The quantitative estimate of drug-likeness (QED) is 0.876. The SMILES string of the molecule is COc1cc(C)ccc1Oc1ccc(NC(=O)C2=NN(C)C(=O)CC2)cn1. The summed E-state index contributed by atoms with van der Waals surface area (Å²) < 4.78 is 11.0. The molecule has 0 radical (unpaired) electrons. The van der Waals surface area contributed by atoms with E-state index in [9.17, 15) is 9.59 Å². The molecule has 0 bridgehead atoms. The molecule has 8 nitrogen and oxygen atoms in total. The first-order chi connectivity index (χ1) is 13.0. The summed E-state index contributed by atoms with van der Waals surface area (Å²) in [4.78, 5) is 27.9. The van der Waals surface area contributed by atoms with Gasteiger partial charge in [0.25, 0.3) is 5.91 Å². The molecule has 2 heterocycles. The van der Waals surface area contributed by atoms with Crippen molar-refractivity contribution in [3.63, 3.8) is 0 Å². The van der Waals surface area contributed by atoms with E-state index in [1.807, 2.05) is 25.1 Å². The monoisotopic (exact) mass is 368 g/mol. The Kier molecular flexibility index (Phi) is 5.35. The number of ether oxygens (including phenoxy) is 2. The van der Waals surface area contributed by atoms with Crippen LogP contribution in [0.1, 0.15) is 18.4 Å². The van der Waals surface area contributed by atoms with Crippen molar-refractivity contribution in [1.82, 2.24) is 9.99 Å². The average molecular weight is 368 g/mol. The second-order valence-electron chi connectivity index (χ2n) is 6.06. The van der Waals surface area contributed by atoms with Gasteiger partial charge >= 0.3 is 0 Å². The molecule has 3 rings (SSSR count). The molecule has 1 aromatic heterocycles. The summed E-state index contributed by atoms with van der Waals surface area (Å²) in [6.07, 6.45) is 2.08. The van der Waals surface area contributed by atoms with Gasteiger partial charge in [0, 0.05) is 26.0 Å². The van der Waals surface area contributed by atoms with E-state index >= 15 is 0 Å². The van der Waals surface area contributed by atoms with Crippen molar-refractivity contribution in [2.75, 3.05) is 19.5 Å². The Bertz CT molecular complexity index is 893. The van der Waals surface area contributed by atoms with Crippen molar-refractivity contribution in [2.45, 2.75) is 19.8 Å². The third kappa shape index (κ3) is 4.41. The van der Waals surface area contributed by atoms with E-state index in [1.165, 1.54) is 18.3 Å². The Balaban J connectivity index is 1.66. The maximum absolute atomic E-state index is 12.3. The first-order valence-electron chi connectivity index (χ1n) is 8.40. The van der Waals surface area contributed by atoms with Crippen molar-refractivity contribution >= 4 is 23.2 Å². The summed E-state index contributed by atoms with van der Waals surface area (Å²) in [7, 11) is 3.11. The number of aryl methyl sites for hydroxylation is 1. The van der Waals surface area contributed by atoms with Gasteiger partial charge in [0.05, 0.1) is 19.0 Å². The normalized spacial score (nSPS) is 13.8. The van der Waals surface area contributed by atoms with Crippen LogP contribution in [0.15, 0.2) is 41.6 Å². The number of nitrogens with zero attached hydrogens (tertiary/aromatic N) is 3. The third-order valence-corrected chi connectivity index (χ3v) is 4.00. The molecule has 2 amide bonds. The van der Waals surface area contributed by atoms with E-state index in [0.717, 1.165) is 5.56 Å². The summed E-state index contributed by atoms with van der Waals surface area (Å²) in [5.74, 6) is 1.07. The van der Waals surface area contributed by atoms with Crippen LogP contribution < -0.4 is 14.8 Å². The zero-order valence-electron chi connectivity index (χ0n) is 15.4. The molecule has 0 atom stereocenters. The smallest absolute Gasteiger partial charge is 0.271 e. The van der Waals surface area contributed by atoms with Crippen molar-refractivity contribution in [3.05, 3.63) is 42.1 Å². The number of hydrogen-bond donors (Lipinski definition) is 1. The van der Waals surface area contributed by atoms with E-state index in [0.29, 0.717) is 35.2 Å². The molecule has 27 heavy (non-hydrogen) atoms. The fraction of sp³-hybridized carbons (Fsp3) is 0.263. The number of hydrogen-bond acceptors (Lipinski definition) is 6. The first kappa shape index (κ1) is 18.4. The fourth-order valence-corrected chi connectivity index (χ4v) is 2.52. The topological polar surface area (TPSA) is 93.1 Å². The molecule has 1 aliphatic heterocycles. The molecule has 2 aromatic rings. The highest BCUT2D eigenvalue weighted by atomic mass is 16.5. The summed E-state index contributed by atoms with van der Waals surface area (Å²) in [6, 6.07) is 8.92. The summed E-state index contributed by atoms with van der Waals surface area (Å²) in [5, 5.41) is 7.89. The van der Waals surface area contributed by atoms with Crippen LogP contribution in [0.2, 0.25) is 0 Å². The maximum Gasteiger partial charge on any atom is 0.271 e. The van der Waals surface area contributed by atoms with Gasteiger partial charge in [0.15, 0.2) is 11.5 Å². The second-order valence-corrected chi connectivity index (χ2v) is 6.06. The van der Waals surface area contributed by atoms with Crippen molar-refractivity contribution < 1.29 is 19.1 Å². The van der Waals surface area contributed by atoms with Gasteiger partial charge < -0.3 is 14.8 Å². The lowest BCUT2D eigenvalue weighted by Crippen LogP contribution is -2.34. The minimum absolute atomic E-state index is 0.110. The molecule has 140 valence electrons. The number of hydrazone groups is 1. The predicted octanol–water partition coefficient (Wildman–Crippen LogP) is 2.74. The number of aromatic nitrogens is 1. The van der Waals surface area contributed by atoms with Gasteiger partial charge in [0.1, 0.15) is 5.71 Å². The van der Waals surface area contributed by atoms with Gasteiger partial charge in [-0.1, -0.05) is 6.07 Å². The minimum Gasteiger partial charge on any atom is -0.493 e. The van der Waals surface area contributed by atoms with Crippen LogP contribution in [0.4, 0.5) is 5.69 Å². The number of anilines is 1. The van der Waals surface area contributed by atoms with E-state index in [-0.39, 0.29) is 18.2 Å². The molecule has 1 N–H and O–H groups in total. The van der Waals surface area contributed by atoms with Gasteiger partial charge in [-0.15, -0.1) is 0 Å². The molecule has 0 saturated heterocycles. The number of nitrogens with one attached hydrogen (secondary N) is 1. The predicted molar refractivity (Wildman–Crippen MR) is 100 cm³/mol.